The van der Waals surface area contributed by atoms with Crippen molar-refractivity contribution in [3.8, 4) is 28.6 Å². The van der Waals surface area contributed by atoms with E-state index in [-0.39, 0.29) is 11.6 Å². The second-order valence-electron chi connectivity index (χ2n) is 5.86. The van der Waals surface area contributed by atoms with Crippen LogP contribution >= 0.6 is 0 Å². The highest BCUT2D eigenvalue weighted by molar-refractivity contribution is 5.97. The number of carbonyl (C=O) groups is 1. The maximum absolute atomic E-state index is 12.6. The number of nitrogens with zero attached hydrogens (tertiary/aromatic N) is 1. The minimum absolute atomic E-state index is 0.226. The van der Waals surface area contributed by atoms with E-state index in [4.69, 9.17) is 18.6 Å². The van der Waals surface area contributed by atoms with Crippen molar-refractivity contribution >= 4 is 5.91 Å². The quantitative estimate of drug-likeness (QED) is 0.640. The summed E-state index contributed by atoms with van der Waals surface area (Å²) >= 11 is 0. The summed E-state index contributed by atoms with van der Waals surface area (Å²) in [6.07, 6.45) is 1.26. The molecule has 0 saturated carbocycles. The number of carbonyl (C=O) groups excluding carboxylic acids is 1. The fourth-order valence-corrected chi connectivity index (χ4v) is 2.72. The second kappa shape index (κ2) is 8.94. The zero-order chi connectivity index (χ0) is 19.9. The molecule has 3 rings (SSSR count). The third-order valence-electron chi connectivity index (χ3n) is 4.12. The first-order valence-electron chi connectivity index (χ1n) is 8.82. The molecule has 0 saturated heterocycles. The van der Waals surface area contributed by atoms with Gasteiger partial charge in [0.05, 0.1) is 20.8 Å². The summed E-state index contributed by atoms with van der Waals surface area (Å²) in [4.78, 5) is 16.7. The molecule has 0 fully saturated rings. The van der Waals surface area contributed by atoms with Gasteiger partial charge in [0, 0.05) is 12.1 Å². The Labute approximate surface area is 163 Å². The zero-order valence-corrected chi connectivity index (χ0v) is 16.0. The largest absolute Gasteiger partial charge is 0.497 e. The van der Waals surface area contributed by atoms with Crippen molar-refractivity contribution in [3.05, 3.63) is 60.1 Å². The zero-order valence-electron chi connectivity index (χ0n) is 16.0. The van der Waals surface area contributed by atoms with Gasteiger partial charge in [0.25, 0.3) is 5.91 Å². The van der Waals surface area contributed by atoms with E-state index in [1.54, 1.807) is 26.4 Å². The minimum Gasteiger partial charge on any atom is -0.497 e. The fourth-order valence-electron chi connectivity index (χ4n) is 2.72. The standard InChI is InChI=1S/C21H22N2O5/c1-4-27-18-11-14(5-10-17(18)26-3)12-22-21(24)19-20(28-13-23-19)15-6-8-16(25-2)9-7-15/h5-11,13H,4,12H2,1-3H3,(H,22,24). The maximum Gasteiger partial charge on any atom is 0.274 e. The molecule has 7 nitrogen and oxygen atoms in total. The molecule has 0 aliphatic heterocycles. The Balaban J connectivity index is 1.72. The van der Waals surface area contributed by atoms with Crippen LogP contribution in [0, 0.1) is 0 Å². The fraction of sp³-hybridized carbons (Fsp3) is 0.238. The summed E-state index contributed by atoms with van der Waals surface area (Å²) in [6, 6.07) is 12.7. The number of hydrogen-bond acceptors (Lipinski definition) is 6. The molecule has 1 heterocycles. The van der Waals surface area contributed by atoms with E-state index in [9.17, 15) is 4.79 Å². The van der Waals surface area contributed by atoms with Crippen molar-refractivity contribution in [2.45, 2.75) is 13.5 Å². The highest BCUT2D eigenvalue weighted by Crippen LogP contribution is 2.28. The van der Waals surface area contributed by atoms with Crippen LogP contribution in [0.5, 0.6) is 17.2 Å². The van der Waals surface area contributed by atoms with E-state index in [1.165, 1.54) is 6.39 Å². The predicted octanol–water partition coefficient (Wildman–Crippen LogP) is 3.69. The van der Waals surface area contributed by atoms with Gasteiger partial charge in [-0.15, -0.1) is 0 Å². The highest BCUT2D eigenvalue weighted by Gasteiger charge is 2.18. The van der Waals surface area contributed by atoms with E-state index >= 15 is 0 Å². The lowest BCUT2D eigenvalue weighted by atomic mass is 10.1. The van der Waals surface area contributed by atoms with Gasteiger partial charge in [0.2, 0.25) is 0 Å². The lowest BCUT2D eigenvalue weighted by Crippen LogP contribution is -2.23. The van der Waals surface area contributed by atoms with Crippen LogP contribution in [0.4, 0.5) is 0 Å². The molecule has 0 bridgehead atoms. The number of oxazole rings is 1. The molecule has 0 aliphatic rings. The highest BCUT2D eigenvalue weighted by atomic mass is 16.5. The van der Waals surface area contributed by atoms with Gasteiger partial charge in [0.1, 0.15) is 5.75 Å². The van der Waals surface area contributed by atoms with E-state index in [1.807, 2.05) is 37.3 Å². The number of benzene rings is 2. The third kappa shape index (κ3) is 4.25. The first kappa shape index (κ1) is 19.3. The molecule has 0 spiro atoms. The Morgan fingerprint density at radius 1 is 1.07 bits per heavy atom. The molecule has 2 aromatic carbocycles. The summed E-state index contributed by atoms with van der Waals surface area (Å²) in [5.41, 5.74) is 1.85. The average Bonchev–Trinajstić information content (AvgIpc) is 3.22. The second-order valence-corrected chi connectivity index (χ2v) is 5.86. The molecule has 0 unspecified atom stereocenters. The number of methoxy groups -OCH3 is 2. The summed E-state index contributed by atoms with van der Waals surface area (Å²) < 4.78 is 21.4. The molecule has 0 aliphatic carbocycles. The molecule has 1 N–H and O–H groups in total. The van der Waals surface area contributed by atoms with Crippen LogP contribution in [0.2, 0.25) is 0 Å². The Kier molecular flexibility index (Phi) is 6.16. The van der Waals surface area contributed by atoms with Crippen LogP contribution in [0.1, 0.15) is 23.0 Å². The Morgan fingerprint density at radius 3 is 2.54 bits per heavy atom. The molecule has 0 atom stereocenters. The number of amides is 1. The third-order valence-corrected chi connectivity index (χ3v) is 4.12. The summed E-state index contributed by atoms with van der Waals surface area (Å²) in [7, 11) is 3.18. The van der Waals surface area contributed by atoms with Gasteiger partial charge < -0.3 is 23.9 Å². The summed E-state index contributed by atoms with van der Waals surface area (Å²) in [5, 5.41) is 2.86. The van der Waals surface area contributed by atoms with Crippen LogP contribution in [-0.4, -0.2) is 31.7 Å². The maximum atomic E-state index is 12.6. The topological polar surface area (TPSA) is 82.8 Å². The molecule has 3 aromatic rings. The molecule has 0 radical (unpaired) electrons. The summed E-state index contributed by atoms with van der Waals surface area (Å²) in [6.45, 7) is 2.74. The van der Waals surface area contributed by atoms with Gasteiger partial charge in [-0.05, 0) is 48.9 Å². The van der Waals surface area contributed by atoms with E-state index in [0.29, 0.717) is 30.4 Å². The smallest absolute Gasteiger partial charge is 0.274 e. The van der Waals surface area contributed by atoms with E-state index < -0.39 is 0 Å². The molecule has 1 amide bonds. The van der Waals surface area contributed by atoms with Gasteiger partial charge in [-0.3, -0.25) is 4.79 Å². The lowest BCUT2D eigenvalue weighted by Gasteiger charge is -2.11. The molecule has 7 heteroatoms. The van der Waals surface area contributed by atoms with Crippen molar-refractivity contribution in [3.63, 3.8) is 0 Å². The van der Waals surface area contributed by atoms with Crippen LogP contribution < -0.4 is 19.5 Å². The van der Waals surface area contributed by atoms with E-state index in [2.05, 4.69) is 10.3 Å². The average molecular weight is 382 g/mol. The number of hydrogen-bond donors (Lipinski definition) is 1. The Morgan fingerprint density at radius 2 is 1.86 bits per heavy atom. The van der Waals surface area contributed by atoms with Gasteiger partial charge >= 0.3 is 0 Å². The first-order chi connectivity index (χ1) is 13.7. The molecule has 28 heavy (non-hydrogen) atoms. The molecule has 1 aromatic heterocycles. The van der Waals surface area contributed by atoms with Crippen LogP contribution in [-0.2, 0) is 6.54 Å². The normalized spacial score (nSPS) is 10.4. The van der Waals surface area contributed by atoms with Gasteiger partial charge in [-0.1, -0.05) is 6.07 Å². The first-order valence-corrected chi connectivity index (χ1v) is 8.82. The van der Waals surface area contributed by atoms with Crippen LogP contribution in [0.15, 0.2) is 53.3 Å². The number of aromatic nitrogens is 1. The van der Waals surface area contributed by atoms with Crippen molar-refractivity contribution in [1.82, 2.24) is 10.3 Å². The lowest BCUT2D eigenvalue weighted by molar-refractivity contribution is 0.0946. The number of rotatable bonds is 8. The van der Waals surface area contributed by atoms with Gasteiger partial charge in [-0.25, -0.2) is 4.98 Å². The van der Waals surface area contributed by atoms with Crippen molar-refractivity contribution < 1.29 is 23.4 Å². The Hall–Kier alpha value is -3.48. The molecular weight excluding hydrogens is 360 g/mol. The summed E-state index contributed by atoms with van der Waals surface area (Å²) in [5.74, 6) is 2.09. The minimum atomic E-state index is -0.326. The van der Waals surface area contributed by atoms with Crippen molar-refractivity contribution in [1.29, 1.82) is 0 Å². The monoisotopic (exact) mass is 382 g/mol. The molecule has 146 valence electrons. The van der Waals surface area contributed by atoms with Crippen LogP contribution in [0.25, 0.3) is 11.3 Å². The van der Waals surface area contributed by atoms with Crippen molar-refractivity contribution in [2.75, 3.05) is 20.8 Å². The van der Waals surface area contributed by atoms with Crippen molar-refractivity contribution in [2.24, 2.45) is 0 Å². The Bertz CT molecular complexity index is 934. The van der Waals surface area contributed by atoms with Crippen LogP contribution in [0.3, 0.4) is 0 Å². The number of ether oxygens (including phenoxy) is 3. The SMILES string of the molecule is CCOc1cc(CNC(=O)c2ncoc2-c2ccc(OC)cc2)ccc1OC. The van der Waals surface area contributed by atoms with Gasteiger partial charge in [0.15, 0.2) is 29.3 Å². The van der Waals surface area contributed by atoms with E-state index in [0.717, 1.165) is 16.9 Å². The number of nitrogens with one attached hydrogen (secondary N) is 1. The van der Waals surface area contributed by atoms with Gasteiger partial charge in [-0.2, -0.15) is 0 Å². The molecular formula is C21H22N2O5. The predicted molar refractivity (Wildman–Crippen MR) is 104 cm³/mol.